The Labute approximate surface area is 179 Å². The number of carbonyl (C=O) groups excluding carboxylic acids is 1. The van der Waals surface area contributed by atoms with E-state index in [1.165, 1.54) is 5.56 Å². The molecule has 0 saturated carbocycles. The van der Waals surface area contributed by atoms with E-state index in [2.05, 4.69) is 22.4 Å². The Kier molecular flexibility index (Phi) is 3.95. The van der Waals surface area contributed by atoms with E-state index < -0.39 is 11.5 Å². The Hall–Kier alpha value is -3.57. The number of aliphatic hydroxyl groups is 1. The summed E-state index contributed by atoms with van der Waals surface area (Å²) in [4.78, 5) is 22.0. The van der Waals surface area contributed by atoms with Crippen molar-refractivity contribution in [3.63, 3.8) is 0 Å². The number of aliphatic hydroxyl groups excluding tert-OH is 1. The van der Waals surface area contributed by atoms with Gasteiger partial charge in [-0.3, -0.25) is 9.78 Å². The van der Waals surface area contributed by atoms with Gasteiger partial charge in [0.15, 0.2) is 0 Å². The second-order valence-corrected chi connectivity index (χ2v) is 8.54. The minimum atomic E-state index is -0.662. The molecule has 5 heteroatoms. The van der Waals surface area contributed by atoms with E-state index in [0.717, 1.165) is 27.6 Å². The van der Waals surface area contributed by atoms with Crippen molar-refractivity contribution in [2.24, 2.45) is 0 Å². The first kappa shape index (κ1) is 18.2. The molecule has 3 heterocycles. The largest absolute Gasteiger partial charge is 0.386 e. The van der Waals surface area contributed by atoms with Crippen LogP contribution in [0.1, 0.15) is 34.1 Å². The maximum atomic E-state index is 12.9. The van der Waals surface area contributed by atoms with Gasteiger partial charge in [0.2, 0.25) is 5.91 Å². The first-order valence-electron chi connectivity index (χ1n) is 10.5. The van der Waals surface area contributed by atoms with Crippen LogP contribution in [0.4, 0.5) is 5.82 Å². The van der Waals surface area contributed by atoms with Crippen LogP contribution < -0.4 is 5.32 Å². The predicted octanol–water partition coefficient (Wildman–Crippen LogP) is 3.89. The fourth-order valence-electron chi connectivity index (χ4n) is 5.04. The molecule has 5 nitrogen and oxygen atoms in total. The average molecular weight is 407 g/mol. The summed E-state index contributed by atoms with van der Waals surface area (Å²) in [6.07, 6.45) is 2.88. The highest BCUT2D eigenvalue weighted by Crippen LogP contribution is 2.47. The summed E-state index contributed by atoms with van der Waals surface area (Å²) in [5, 5.41) is 14.7. The number of hydrogen-bond acceptors (Lipinski definition) is 4. The summed E-state index contributed by atoms with van der Waals surface area (Å²) >= 11 is 0. The summed E-state index contributed by atoms with van der Waals surface area (Å²) in [7, 11) is 0. The fraction of sp³-hybridized carbons (Fsp3) is 0.192. The number of fused-ring (bicyclic) bond motifs is 4. The Bertz CT molecular complexity index is 1340. The van der Waals surface area contributed by atoms with Crippen molar-refractivity contribution in [3.8, 4) is 0 Å². The van der Waals surface area contributed by atoms with E-state index in [0.29, 0.717) is 30.8 Å². The van der Waals surface area contributed by atoms with Gasteiger partial charge in [-0.1, -0.05) is 42.5 Å². The van der Waals surface area contributed by atoms with Crippen molar-refractivity contribution in [2.75, 3.05) is 5.32 Å². The molecule has 0 fully saturated rings. The molecule has 1 amide bonds. The van der Waals surface area contributed by atoms with Crippen LogP contribution >= 0.6 is 0 Å². The zero-order valence-corrected chi connectivity index (χ0v) is 16.9. The van der Waals surface area contributed by atoms with Gasteiger partial charge in [0.05, 0.1) is 22.7 Å². The minimum absolute atomic E-state index is 0.0217. The van der Waals surface area contributed by atoms with Crippen LogP contribution in [0.25, 0.3) is 10.9 Å². The van der Waals surface area contributed by atoms with E-state index in [-0.39, 0.29) is 5.91 Å². The summed E-state index contributed by atoms with van der Waals surface area (Å²) in [6, 6.07) is 22.0. The lowest BCUT2D eigenvalue weighted by Crippen LogP contribution is -2.35. The van der Waals surface area contributed by atoms with Gasteiger partial charge < -0.3 is 10.4 Å². The van der Waals surface area contributed by atoms with Crippen molar-refractivity contribution in [1.29, 1.82) is 0 Å². The molecule has 2 atom stereocenters. The Morgan fingerprint density at radius 3 is 2.65 bits per heavy atom. The first-order chi connectivity index (χ1) is 15.1. The molecule has 152 valence electrons. The molecular weight excluding hydrogens is 386 g/mol. The number of anilines is 1. The van der Waals surface area contributed by atoms with Gasteiger partial charge in [0, 0.05) is 23.6 Å². The summed E-state index contributed by atoms with van der Waals surface area (Å²) < 4.78 is 0. The maximum absolute atomic E-state index is 12.9. The third-order valence-corrected chi connectivity index (χ3v) is 6.62. The zero-order chi connectivity index (χ0) is 21.0. The van der Waals surface area contributed by atoms with Gasteiger partial charge in [-0.2, -0.15) is 0 Å². The van der Waals surface area contributed by atoms with Crippen molar-refractivity contribution in [1.82, 2.24) is 9.97 Å². The smallest absolute Gasteiger partial charge is 0.237 e. The van der Waals surface area contributed by atoms with E-state index in [1.54, 1.807) is 6.20 Å². The molecule has 1 aliphatic heterocycles. The Morgan fingerprint density at radius 2 is 1.81 bits per heavy atom. The van der Waals surface area contributed by atoms with E-state index in [4.69, 9.17) is 4.98 Å². The highest BCUT2D eigenvalue weighted by Gasteiger charge is 2.51. The maximum Gasteiger partial charge on any atom is 0.237 e. The van der Waals surface area contributed by atoms with Crippen LogP contribution in [0.5, 0.6) is 0 Å². The molecule has 0 bridgehead atoms. The number of carbonyl (C=O) groups is 1. The Morgan fingerprint density at radius 1 is 1.00 bits per heavy atom. The second-order valence-electron chi connectivity index (χ2n) is 8.54. The van der Waals surface area contributed by atoms with Crippen LogP contribution in [0, 0.1) is 0 Å². The molecule has 1 aliphatic carbocycles. The number of hydrogen-bond donors (Lipinski definition) is 2. The Balaban J connectivity index is 1.35. The van der Waals surface area contributed by atoms with Crippen molar-refractivity contribution in [3.05, 3.63) is 101 Å². The lowest BCUT2D eigenvalue weighted by molar-refractivity contribution is -0.120. The number of pyridine rings is 2. The van der Waals surface area contributed by atoms with Gasteiger partial charge in [-0.05, 0) is 53.8 Å². The van der Waals surface area contributed by atoms with E-state index >= 15 is 0 Å². The third kappa shape index (κ3) is 2.85. The molecule has 2 unspecified atom stereocenters. The normalized spacial score (nSPS) is 20.0. The van der Waals surface area contributed by atoms with Gasteiger partial charge >= 0.3 is 0 Å². The van der Waals surface area contributed by atoms with Crippen LogP contribution in [0.3, 0.4) is 0 Å². The number of rotatable bonds is 3. The van der Waals surface area contributed by atoms with Gasteiger partial charge in [-0.25, -0.2) is 4.98 Å². The monoisotopic (exact) mass is 407 g/mol. The van der Waals surface area contributed by atoms with E-state index in [9.17, 15) is 9.90 Å². The number of benzene rings is 2. The van der Waals surface area contributed by atoms with Crippen LogP contribution in [0.15, 0.2) is 72.9 Å². The van der Waals surface area contributed by atoms with Crippen LogP contribution in [-0.4, -0.2) is 21.0 Å². The molecule has 2 N–H and O–H groups in total. The minimum Gasteiger partial charge on any atom is -0.386 e. The number of nitrogens with one attached hydrogen (secondary N) is 1. The predicted molar refractivity (Wildman–Crippen MR) is 119 cm³/mol. The molecule has 31 heavy (non-hydrogen) atoms. The van der Waals surface area contributed by atoms with Gasteiger partial charge in [-0.15, -0.1) is 0 Å². The topological polar surface area (TPSA) is 75.1 Å². The quantitative estimate of drug-likeness (QED) is 0.540. The molecule has 2 aromatic carbocycles. The van der Waals surface area contributed by atoms with Crippen molar-refractivity contribution < 1.29 is 9.90 Å². The molecule has 0 saturated heterocycles. The molecular formula is C26H21N3O2. The summed E-state index contributed by atoms with van der Waals surface area (Å²) in [5.74, 6) is 0.697. The van der Waals surface area contributed by atoms with Crippen molar-refractivity contribution in [2.45, 2.75) is 30.8 Å². The summed E-state index contributed by atoms with van der Waals surface area (Å²) in [6.45, 7) is 0. The standard InChI is InChI=1S/C26H21N3O2/c30-23(11-16-5-2-1-3-6-16)21-9-8-17-12-18-14-26(15-19(18)13-22(17)28-21)20-7-4-10-27-24(20)29-25(26)31/h1-10,12-13,23,30H,11,14-15H2,(H,27,29,31). The molecule has 2 aliphatic rings. The number of aromatic nitrogens is 2. The van der Waals surface area contributed by atoms with Crippen molar-refractivity contribution >= 4 is 22.6 Å². The molecule has 1 spiro atoms. The average Bonchev–Trinajstić information content (AvgIpc) is 3.29. The molecule has 4 aromatic rings. The summed E-state index contributed by atoms with van der Waals surface area (Å²) in [5.41, 5.74) is 5.31. The number of nitrogens with zero attached hydrogens (tertiary/aromatic N) is 2. The second kappa shape index (κ2) is 6.72. The molecule has 2 aromatic heterocycles. The van der Waals surface area contributed by atoms with E-state index in [1.807, 2.05) is 54.6 Å². The first-order valence-corrected chi connectivity index (χ1v) is 10.5. The third-order valence-electron chi connectivity index (χ3n) is 6.62. The SMILES string of the molecule is O=C1Nc2ncccc2C12Cc1cc3ccc(C(O)Cc4ccccc4)nc3cc1C2. The lowest BCUT2D eigenvalue weighted by Gasteiger charge is -2.20. The number of amides is 1. The lowest BCUT2D eigenvalue weighted by atomic mass is 9.79. The van der Waals surface area contributed by atoms with Gasteiger partial charge in [0.1, 0.15) is 5.82 Å². The zero-order valence-electron chi connectivity index (χ0n) is 16.9. The van der Waals surface area contributed by atoms with Crippen LogP contribution in [-0.2, 0) is 29.5 Å². The molecule has 6 rings (SSSR count). The molecule has 0 radical (unpaired) electrons. The highest BCUT2D eigenvalue weighted by molar-refractivity contribution is 6.06. The highest BCUT2D eigenvalue weighted by atomic mass is 16.3. The van der Waals surface area contributed by atoms with Gasteiger partial charge in [0.25, 0.3) is 0 Å². The fourth-order valence-corrected chi connectivity index (χ4v) is 5.04. The van der Waals surface area contributed by atoms with Crippen LogP contribution in [0.2, 0.25) is 0 Å².